The first kappa shape index (κ1) is 26.6. The maximum Gasteiger partial charge on any atom is 0.114 e. The van der Waals surface area contributed by atoms with E-state index in [4.69, 9.17) is 9.47 Å². The highest BCUT2D eigenvalue weighted by Gasteiger charge is 2.40. The largest absolute Gasteiger partial charge is 0.394 e. The van der Waals surface area contributed by atoms with E-state index in [2.05, 4.69) is 19.1 Å². The molecule has 0 spiro atoms. The highest BCUT2D eigenvalue weighted by Crippen LogP contribution is 2.20. The minimum atomic E-state index is -0.979. The summed E-state index contributed by atoms with van der Waals surface area (Å²) in [6, 6.07) is 0. The Morgan fingerprint density at radius 1 is 0.862 bits per heavy atom. The molecule has 1 aliphatic rings. The summed E-state index contributed by atoms with van der Waals surface area (Å²) in [7, 11) is 0. The molecule has 0 aliphatic carbocycles. The summed E-state index contributed by atoms with van der Waals surface area (Å²) >= 11 is 0. The lowest BCUT2D eigenvalue weighted by Crippen LogP contribution is -2.42. The number of ether oxygens (including phenoxy) is 2. The van der Waals surface area contributed by atoms with Gasteiger partial charge in [0, 0.05) is 6.61 Å². The van der Waals surface area contributed by atoms with Crippen LogP contribution in [0.3, 0.4) is 0 Å². The topological polar surface area (TPSA) is 79.2 Å². The van der Waals surface area contributed by atoms with Gasteiger partial charge >= 0.3 is 0 Å². The summed E-state index contributed by atoms with van der Waals surface area (Å²) in [5.74, 6) is 0. The maximum atomic E-state index is 9.83. The lowest BCUT2D eigenvalue weighted by molar-refractivity contribution is -0.101. The average Bonchev–Trinajstić information content (AvgIpc) is 3.06. The lowest BCUT2D eigenvalue weighted by atomic mass is 10.1. The van der Waals surface area contributed by atoms with Crippen LogP contribution in [0, 0.1) is 0 Å². The van der Waals surface area contributed by atoms with E-state index in [9.17, 15) is 15.3 Å². The van der Waals surface area contributed by atoms with Gasteiger partial charge in [-0.15, -0.1) is 0 Å². The third-order valence-corrected chi connectivity index (χ3v) is 5.72. The van der Waals surface area contributed by atoms with E-state index in [1.807, 2.05) is 0 Å². The van der Waals surface area contributed by atoms with Gasteiger partial charge in [0.1, 0.15) is 24.4 Å². The van der Waals surface area contributed by atoms with Gasteiger partial charge in [0.05, 0.1) is 13.2 Å². The Hall–Kier alpha value is -0.460. The molecule has 1 saturated heterocycles. The van der Waals surface area contributed by atoms with Gasteiger partial charge < -0.3 is 24.8 Å². The molecule has 0 unspecified atom stereocenters. The molecule has 1 fully saturated rings. The number of allylic oxidation sites excluding steroid dienone is 2. The molecule has 0 aromatic rings. The van der Waals surface area contributed by atoms with Gasteiger partial charge in [-0.05, 0) is 32.1 Å². The van der Waals surface area contributed by atoms with Gasteiger partial charge in [-0.3, -0.25) is 0 Å². The minimum Gasteiger partial charge on any atom is -0.394 e. The zero-order chi connectivity index (χ0) is 21.2. The molecule has 3 N–H and O–H groups in total. The van der Waals surface area contributed by atoms with Crippen molar-refractivity contribution >= 4 is 0 Å². The number of unbranched alkanes of at least 4 members (excludes halogenated alkanes) is 12. The molecule has 0 saturated carbocycles. The Kier molecular flexibility index (Phi) is 16.8. The molecular weight excluding hydrogens is 368 g/mol. The predicted molar refractivity (Wildman–Crippen MR) is 118 cm³/mol. The van der Waals surface area contributed by atoms with E-state index >= 15 is 0 Å². The zero-order valence-corrected chi connectivity index (χ0v) is 18.6. The van der Waals surface area contributed by atoms with Crippen molar-refractivity contribution < 1.29 is 24.8 Å². The van der Waals surface area contributed by atoms with Crippen LogP contribution in [0.25, 0.3) is 0 Å². The fraction of sp³-hybridized carbons (Fsp3) is 0.917. The zero-order valence-electron chi connectivity index (χ0n) is 18.6. The fourth-order valence-electron chi connectivity index (χ4n) is 3.79. The van der Waals surface area contributed by atoms with Crippen LogP contribution < -0.4 is 0 Å². The van der Waals surface area contributed by atoms with Crippen LogP contribution in [0.1, 0.15) is 96.8 Å². The van der Waals surface area contributed by atoms with Crippen molar-refractivity contribution in [3.05, 3.63) is 12.2 Å². The van der Waals surface area contributed by atoms with Gasteiger partial charge in [-0.25, -0.2) is 0 Å². The Balaban J connectivity index is 1.85. The second kappa shape index (κ2) is 18.3. The summed E-state index contributed by atoms with van der Waals surface area (Å²) in [5.41, 5.74) is 0. The van der Waals surface area contributed by atoms with Crippen LogP contribution in [-0.2, 0) is 9.47 Å². The first-order valence-electron chi connectivity index (χ1n) is 12.1. The van der Waals surface area contributed by atoms with E-state index in [0.717, 1.165) is 12.8 Å². The van der Waals surface area contributed by atoms with Gasteiger partial charge in [-0.1, -0.05) is 76.9 Å². The summed E-state index contributed by atoms with van der Waals surface area (Å²) < 4.78 is 11.0. The second-order valence-corrected chi connectivity index (χ2v) is 8.39. The number of hydrogen-bond donors (Lipinski definition) is 3. The van der Waals surface area contributed by atoms with E-state index < -0.39 is 24.4 Å². The number of rotatable bonds is 19. The second-order valence-electron chi connectivity index (χ2n) is 8.39. The van der Waals surface area contributed by atoms with Crippen molar-refractivity contribution in [1.29, 1.82) is 0 Å². The van der Waals surface area contributed by atoms with E-state index in [0.29, 0.717) is 6.61 Å². The first-order chi connectivity index (χ1) is 14.2. The third-order valence-electron chi connectivity index (χ3n) is 5.72. The Bertz CT molecular complexity index is 387. The highest BCUT2D eigenvalue weighted by molar-refractivity contribution is 4.88. The van der Waals surface area contributed by atoms with Crippen molar-refractivity contribution in [1.82, 2.24) is 0 Å². The maximum absolute atomic E-state index is 9.83. The molecule has 0 aromatic heterocycles. The predicted octanol–water partition coefficient (Wildman–Crippen LogP) is 4.52. The molecule has 5 heteroatoms. The van der Waals surface area contributed by atoms with Gasteiger partial charge in [-0.2, -0.15) is 0 Å². The summed E-state index contributed by atoms with van der Waals surface area (Å²) in [4.78, 5) is 0. The summed E-state index contributed by atoms with van der Waals surface area (Å²) in [6.07, 6.45) is 19.4. The fourth-order valence-corrected chi connectivity index (χ4v) is 3.79. The standard InChI is InChI=1S/C24H46O5/c1-2-3-4-5-6-7-8-9-10-11-12-13-14-15-16-17-18-28-22(19-25)24-23(27)21(26)20-29-24/h8-9,21-27H,2-7,10-20H2,1H3/b9-8+/t21-,22+,23-,24-/m1/s1. The summed E-state index contributed by atoms with van der Waals surface area (Å²) in [5, 5.41) is 28.8. The monoisotopic (exact) mass is 414 g/mol. The number of aliphatic hydroxyl groups excluding tert-OH is 3. The van der Waals surface area contributed by atoms with E-state index in [1.54, 1.807) is 0 Å². The molecule has 4 atom stereocenters. The molecule has 0 radical (unpaired) electrons. The van der Waals surface area contributed by atoms with Crippen molar-refractivity contribution in [3.63, 3.8) is 0 Å². The molecule has 1 rings (SSSR count). The van der Waals surface area contributed by atoms with Crippen LogP contribution in [0.15, 0.2) is 12.2 Å². The van der Waals surface area contributed by atoms with Crippen LogP contribution >= 0.6 is 0 Å². The molecular formula is C24H46O5. The lowest BCUT2D eigenvalue weighted by Gasteiger charge is -2.24. The summed E-state index contributed by atoms with van der Waals surface area (Å²) in [6.45, 7) is 2.70. The Labute approximate surface area is 178 Å². The normalized spacial score (nSPS) is 23.2. The van der Waals surface area contributed by atoms with Crippen molar-refractivity contribution in [2.75, 3.05) is 19.8 Å². The smallest absolute Gasteiger partial charge is 0.114 e. The van der Waals surface area contributed by atoms with Gasteiger partial charge in [0.25, 0.3) is 0 Å². The highest BCUT2D eigenvalue weighted by atomic mass is 16.6. The minimum absolute atomic E-state index is 0.0977. The molecule has 29 heavy (non-hydrogen) atoms. The quantitative estimate of drug-likeness (QED) is 0.214. The van der Waals surface area contributed by atoms with E-state index in [-0.39, 0.29) is 13.2 Å². The van der Waals surface area contributed by atoms with Crippen molar-refractivity contribution in [2.24, 2.45) is 0 Å². The van der Waals surface area contributed by atoms with Crippen molar-refractivity contribution in [2.45, 2.75) is 121 Å². The van der Waals surface area contributed by atoms with Crippen LogP contribution in [0.5, 0.6) is 0 Å². The first-order valence-corrected chi connectivity index (χ1v) is 12.1. The van der Waals surface area contributed by atoms with Crippen molar-refractivity contribution in [3.8, 4) is 0 Å². The third kappa shape index (κ3) is 12.7. The van der Waals surface area contributed by atoms with Crippen LogP contribution in [0.4, 0.5) is 0 Å². The molecule has 5 nitrogen and oxygen atoms in total. The Morgan fingerprint density at radius 3 is 1.93 bits per heavy atom. The molecule has 0 aromatic carbocycles. The van der Waals surface area contributed by atoms with Gasteiger partial charge in [0.2, 0.25) is 0 Å². The SMILES string of the molecule is CCCCCCC/C=C/CCCCCCCCCO[C@@H](CO)[C@H]1OC[C@@H](O)[C@H]1O. The van der Waals surface area contributed by atoms with E-state index in [1.165, 1.54) is 77.0 Å². The van der Waals surface area contributed by atoms with Gasteiger partial charge in [0.15, 0.2) is 0 Å². The molecule has 1 aliphatic heterocycles. The molecule has 1 heterocycles. The average molecular weight is 415 g/mol. The molecule has 172 valence electrons. The molecule has 0 amide bonds. The number of hydrogen-bond acceptors (Lipinski definition) is 5. The van der Waals surface area contributed by atoms with Crippen LogP contribution in [0.2, 0.25) is 0 Å². The Morgan fingerprint density at radius 2 is 1.41 bits per heavy atom. The molecule has 0 bridgehead atoms. The van der Waals surface area contributed by atoms with Crippen LogP contribution in [-0.4, -0.2) is 59.6 Å². The number of aliphatic hydroxyl groups is 3.